The van der Waals surface area contributed by atoms with Crippen LogP contribution in [0.15, 0.2) is 48.0 Å². The van der Waals surface area contributed by atoms with Crippen molar-refractivity contribution < 1.29 is 27.5 Å². The standard InChI is InChI=1S/C26H21F3N6O3/c27-26(28,29)19-4-6-21(30-23(19)38-12-13-1-2-13)25(37)35-10-17-15-8-34(9-16(15)18(17)11-35)24(36)14-3-5-20-22(7-14)32-33-31-20/h3,5,7-11,13,19,21H,1-2,4,6,12H2,(H,31,32,33). The average Bonchev–Trinajstić information content (AvgIpc) is 3.30. The molecule has 4 heterocycles. The highest BCUT2D eigenvalue weighted by Crippen LogP contribution is 2.48. The number of alkyl halides is 3. The Labute approximate surface area is 213 Å². The van der Waals surface area contributed by atoms with E-state index in [1.807, 2.05) is 0 Å². The molecule has 1 saturated carbocycles. The lowest BCUT2D eigenvalue weighted by molar-refractivity contribution is -0.162. The number of rotatable bonds is 4. The summed E-state index contributed by atoms with van der Waals surface area (Å²) in [7, 11) is 0. The Kier molecular flexibility index (Phi) is 4.91. The maximum absolute atomic E-state index is 13.5. The first-order chi connectivity index (χ1) is 18.3. The predicted molar refractivity (Wildman–Crippen MR) is 130 cm³/mol. The molecule has 38 heavy (non-hydrogen) atoms. The van der Waals surface area contributed by atoms with Crippen LogP contribution in [-0.2, 0) is 4.74 Å². The second-order valence-corrected chi connectivity index (χ2v) is 10.1. The number of H-pyrrole nitrogens is 1. The summed E-state index contributed by atoms with van der Waals surface area (Å²) in [6, 6.07) is 4.12. The quantitative estimate of drug-likeness (QED) is 0.368. The van der Waals surface area contributed by atoms with Gasteiger partial charge in [0.2, 0.25) is 0 Å². The molecule has 0 spiro atoms. The number of benzene rings is 1. The summed E-state index contributed by atoms with van der Waals surface area (Å²) in [5, 5.41) is 10.5. The van der Waals surface area contributed by atoms with E-state index >= 15 is 0 Å². The zero-order valence-electron chi connectivity index (χ0n) is 19.9. The summed E-state index contributed by atoms with van der Waals surface area (Å²) in [5.74, 6) is -2.52. The minimum Gasteiger partial charge on any atom is -0.480 e. The maximum atomic E-state index is 13.5. The number of nitrogens with one attached hydrogen (secondary N) is 1. The molecule has 4 aromatic rings. The molecule has 0 amide bonds. The Hall–Kier alpha value is -4.22. The second kappa shape index (κ2) is 8.14. The number of carbonyl (C=O) groups is 2. The van der Waals surface area contributed by atoms with Crippen LogP contribution < -0.4 is 0 Å². The largest absolute Gasteiger partial charge is 0.480 e. The monoisotopic (exact) mass is 522 g/mol. The molecule has 3 aromatic heterocycles. The van der Waals surface area contributed by atoms with Crippen LogP contribution in [0, 0.1) is 11.8 Å². The predicted octanol–water partition coefficient (Wildman–Crippen LogP) is 4.70. The molecule has 9 nitrogen and oxygen atoms in total. The molecule has 194 valence electrons. The fourth-order valence-electron chi connectivity index (χ4n) is 5.11. The number of fused-ring (bicyclic) bond motifs is 5. The van der Waals surface area contributed by atoms with Crippen molar-refractivity contribution in [3.8, 4) is 22.3 Å². The molecule has 1 fully saturated rings. The SMILES string of the molecule is O=C(c1ccc2n[nH]nc2c1)n1cc2c(c1)-c1cn(C(=O)C3CCC(C(F)(F)F)C(OCC4CC4)=N3)cc1-2. The lowest BCUT2D eigenvalue weighted by atomic mass is 9.88. The van der Waals surface area contributed by atoms with Gasteiger partial charge in [-0.25, -0.2) is 4.99 Å². The Balaban J connectivity index is 1.10. The molecule has 1 aromatic carbocycles. The molecule has 12 heteroatoms. The van der Waals surface area contributed by atoms with E-state index in [1.165, 1.54) is 9.13 Å². The Morgan fingerprint density at radius 1 is 0.921 bits per heavy atom. The minimum atomic E-state index is -4.46. The lowest BCUT2D eigenvalue weighted by Crippen LogP contribution is -2.40. The molecule has 0 bridgehead atoms. The summed E-state index contributed by atoms with van der Waals surface area (Å²) in [5.41, 5.74) is 4.93. The van der Waals surface area contributed by atoms with E-state index in [0.717, 1.165) is 35.1 Å². The van der Waals surface area contributed by atoms with Crippen molar-refractivity contribution >= 4 is 28.7 Å². The molecule has 3 aliphatic rings. The van der Waals surface area contributed by atoms with Crippen LogP contribution in [0.3, 0.4) is 0 Å². The smallest absolute Gasteiger partial charge is 0.400 e. The number of halogens is 3. The molecule has 1 aliphatic heterocycles. The van der Waals surface area contributed by atoms with Gasteiger partial charge in [-0.05, 0) is 49.8 Å². The van der Waals surface area contributed by atoms with Gasteiger partial charge in [0.25, 0.3) is 11.8 Å². The molecule has 0 radical (unpaired) electrons. The lowest BCUT2D eigenvalue weighted by Gasteiger charge is -2.28. The van der Waals surface area contributed by atoms with Gasteiger partial charge in [-0.1, -0.05) is 0 Å². The third kappa shape index (κ3) is 3.74. The van der Waals surface area contributed by atoms with Gasteiger partial charge in [-0.3, -0.25) is 18.7 Å². The number of aliphatic imine (C=N–C) groups is 1. The second-order valence-electron chi connectivity index (χ2n) is 10.1. The van der Waals surface area contributed by atoms with Crippen LogP contribution in [0.25, 0.3) is 33.3 Å². The van der Waals surface area contributed by atoms with Crippen molar-refractivity contribution in [2.45, 2.75) is 37.9 Å². The van der Waals surface area contributed by atoms with Crippen LogP contribution in [0.2, 0.25) is 0 Å². The number of carbonyl (C=O) groups excluding carboxylic acids is 2. The van der Waals surface area contributed by atoms with E-state index in [1.54, 1.807) is 43.0 Å². The topological polar surface area (TPSA) is 107 Å². The number of aromatic nitrogens is 5. The first kappa shape index (κ1) is 22.9. The Morgan fingerprint density at radius 2 is 1.58 bits per heavy atom. The summed E-state index contributed by atoms with van der Waals surface area (Å²) < 4.78 is 48.9. The van der Waals surface area contributed by atoms with Gasteiger partial charge in [-0.2, -0.15) is 28.6 Å². The normalized spacial score (nSPS) is 20.4. The number of hydrogen-bond acceptors (Lipinski definition) is 6. The van der Waals surface area contributed by atoms with Gasteiger partial charge in [0, 0.05) is 52.6 Å². The van der Waals surface area contributed by atoms with E-state index in [4.69, 9.17) is 4.74 Å². The van der Waals surface area contributed by atoms with Crippen molar-refractivity contribution in [1.29, 1.82) is 0 Å². The van der Waals surface area contributed by atoms with Crippen LogP contribution >= 0.6 is 0 Å². The summed E-state index contributed by atoms with van der Waals surface area (Å²) in [4.78, 5) is 30.4. The maximum Gasteiger partial charge on any atom is 0.400 e. The molecule has 1 N–H and O–H groups in total. The van der Waals surface area contributed by atoms with Crippen molar-refractivity contribution in [2.75, 3.05) is 6.61 Å². The highest BCUT2D eigenvalue weighted by atomic mass is 19.4. The average molecular weight is 522 g/mol. The zero-order chi connectivity index (χ0) is 26.2. The third-order valence-corrected chi connectivity index (χ3v) is 7.44. The summed E-state index contributed by atoms with van der Waals surface area (Å²) >= 11 is 0. The number of ether oxygens (including phenoxy) is 1. The van der Waals surface area contributed by atoms with Gasteiger partial charge in [0.15, 0.2) is 5.90 Å². The minimum absolute atomic E-state index is 0.00825. The third-order valence-electron chi connectivity index (χ3n) is 7.44. The zero-order valence-corrected chi connectivity index (χ0v) is 19.9. The fourth-order valence-corrected chi connectivity index (χ4v) is 5.11. The van der Waals surface area contributed by atoms with Crippen LogP contribution in [-0.4, -0.2) is 61.1 Å². The van der Waals surface area contributed by atoms with Crippen LogP contribution in [0.5, 0.6) is 0 Å². The van der Waals surface area contributed by atoms with Crippen molar-refractivity contribution in [3.05, 3.63) is 48.5 Å². The van der Waals surface area contributed by atoms with Gasteiger partial charge < -0.3 is 4.74 Å². The van der Waals surface area contributed by atoms with E-state index in [2.05, 4.69) is 20.4 Å². The van der Waals surface area contributed by atoms with Crippen LogP contribution in [0.1, 0.15) is 40.8 Å². The molecule has 2 aliphatic carbocycles. The summed E-state index contributed by atoms with van der Waals surface area (Å²) in [6.07, 6.45) is 3.87. The van der Waals surface area contributed by atoms with Gasteiger partial charge in [0.1, 0.15) is 23.0 Å². The molecule has 2 unspecified atom stereocenters. The Morgan fingerprint density at radius 3 is 2.24 bits per heavy atom. The first-order valence-electron chi connectivity index (χ1n) is 12.4. The molecular formula is C26H21F3N6O3. The van der Waals surface area contributed by atoms with Crippen LogP contribution in [0.4, 0.5) is 13.2 Å². The Bertz CT molecular complexity index is 1600. The van der Waals surface area contributed by atoms with Crippen molar-refractivity contribution in [2.24, 2.45) is 16.8 Å². The number of hydrogen-bond donors (Lipinski definition) is 1. The van der Waals surface area contributed by atoms with E-state index in [-0.39, 0.29) is 37.2 Å². The molecule has 2 atom stereocenters. The number of aromatic amines is 1. The van der Waals surface area contributed by atoms with Crippen molar-refractivity contribution in [1.82, 2.24) is 24.5 Å². The molecule has 7 rings (SSSR count). The van der Waals surface area contributed by atoms with E-state index in [0.29, 0.717) is 16.6 Å². The highest BCUT2D eigenvalue weighted by molar-refractivity contribution is 6.07. The van der Waals surface area contributed by atoms with Gasteiger partial charge >= 0.3 is 6.18 Å². The van der Waals surface area contributed by atoms with E-state index < -0.39 is 24.0 Å². The molecular weight excluding hydrogens is 501 g/mol. The fraction of sp³-hybridized carbons (Fsp3) is 0.346. The molecule has 0 saturated heterocycles. The van der Waals surface area contributed by atoms with Gasteiger partial charge in [0.05, 0.1) is 6.61 Å². The summed E-state index contributed by atoms with van der Waals surface area (Å²) in [6.45, 7) is 0.202. The highest BCUT2D eigenvalue weighted by Gasteiger charge is 2.47. The van der Waals surface area contributed by atoms with Crippen molar-refractivity contribution in [3.63, 3.8) is 0 Å². The van der Waals surface area contributed by atoms with Gasteiger partial charge in [-0.15, -0.1) is 0 Å². The van der Waals surface area contributed by atoms with E-state index in [9.17, 15) is 22.8 Å². The number of nitrogens with zero attached hydrogens (tertiary/aromatic N) is 5. The first-order valence-corrected chi connectivity index (χ1v) is 12.4.